The van der Waals surface area contributed by atoms with Crippen molar-refractivity contribution < 1.29 is 37.6 Å². The number of ether oxygens (including phenoxy) is 1. The van der Waals surface area contributed by atoms with Crippen LogP contribution in [0.4, 0.5) is 0 Å². The molecule has 10 heteroatoms. The quantitative estimate of drug-likeness (QED) is 0.0164. The molecule has 0 spiro atoms. The van der Waals surface area contributed by atoms with E-state index in [1.807, 2.05) is 21.1 Å². The lowest BCUT2D eigenvalue weighted by atomic mass is 10.0. The van der Waals surface area contributed by atoms with Gasteiger partial charge in [0.2, 0.25) is 0 Å². The summed E-state index contributed by atoms with van der Waals surface area (Å²) < 4.78 is 28.9. The van der Waals surface area contributed by atoms with Gasteiger partial charge in [-0.15, -0.1) is 4.67 Å². The van der Waals surface area contributed by atoms with E-state index in [9.17, 15) is 14.3 Å². The molecule has 2 atom stereocenters. The fourth-order valence-electron chi connectivity index (χ4n) is 5.51. The zero-order valence-electron chi connectivity index (χ0n) is 35.4. The van der Waals surface area contributed by atoms with Gasteiger partial charge in [-0.2, -0.15) is 0 Å². The Morgan fingerprint density at radius 3 is 1.61 bits per heavy atom. The van der Waals surface area contributed by atoms with Crippen LogP contribution in [-0.4, -0.2) is 73.9 Å². The van der Waals surface area contributed by atoms with Crippen LogP contribution < -0.4 is 0 Å². The Morgan fingerprint density at radius 2 is 1.09 bits per heavy atom. The number of thioether (sulfide) groups is 1. The fourth-order valence-corrected chi connectivity index (χ4v) is 7.17. The molecule has 0 saturated carbocycles. The number of carbonyl (C=O) groups excluding carboxylic acids is 1. The normalized spacial score (nSPS) is 14.3. The average Bonchev–Trinajstić information content (AvgIpc) is 3.13. The van der Waals surface area contributed by atoms with Crippen LogP contribution in [0.25, 0.3) is 0 Å². The molecule has 0 amide bonds. The molecule has 0 aliphatic rings. The Kier molecular flexibility index (Phi) is 38.1. The van der Waals surface area contributed by atoms with Crippen molar-refractivity contribution >= 4 is 24.7 Å². The number of hydrogen-bond acceptors (Lipinski definition) is 7. The number of phosphoric acid groups is 1. The van der Waals surface area contributed by atoms with Gasteiger partial charge in [0.05, 0.1) is 39.6 Å². The second-order valence-corrected chi connectivity index (χ2v) is 18.1. The monoisotopic (exact) mass is 801 g/mol. The van der Waals surface area contributed by atoms with E-state index in [0.29, 0.717) is 24.1 Å². The van der Waals surface area contributed by atoms with Crippen molar-refractivity contribution in [2.24, 2.45) is 0 Å². The first-order valence-corrected chi connectivity index (χ1v) is 23.9. The Morgan fingerprint density at radius 1 is 0.630 bits per heavy atom. The molecule has 0 heterocycles. The molecule has 0 aromatic heterocycles. The standard InChI is InChI=1S/C44H82NO7PS/c1-6-8-10-12-14-16-18-20-22-23-24-25-27-29-31-33-35-37-44(46)54-43(42-51-53(47,48)52-50-40-38-45(3,4)5)41-49-39-36-34-32-30-28-26-21-19-17-15-13-11-9-7-2/h14,16,20,22,24-25,29,31,43H,6-13,15,17-19,21,23,26-28,30,32-42H2,1-5H3/p+1/b16-14-,22-20-,25-24-,31-29-. The second-order valence-electron chi connectivity index (χ2n) is 15.4. The van der Waals surface area contributed by atoms with Crippen LogP contribution in [-0.2, 0) is 28.2 Å². The number of likely N-dealkylation sites (N-methyl/N-ethyl adjacent to an activating group) is 1. The van der Waals surface area contributed by atoms with Gasteiger partial charge in [-0.25, -0.2) is 9.45 Å². The molecule has 0 radical (unpaired) electrons. The van der Waals surface area contributed by atoms with Crippen LogP contribution in [0, 0.1) is 0 Å². The molecule has 0 aliphatic heterocycles. The summed E-state index contributed by atoms with van der Waals surface area (Å²) in [5.74, 6) is 0. The molecule has 1 N–H and O–H groups in total. The number of carbonyl (C=O) groups is 1. The van der Waals surface area contributed by atoms with Crippen molar-refractivity contribution in [2.45, 2.75) is 173 Å². The van der Waals surface area contributed by atoms with Crippen molar-refractivity contribution in [3.8, 4) is 0 Å². The number of allylic oxidation sites excluding steroid dienone is 8. The highest BCUT2D eigenvalue weighted by atomic mass is 32.2. The van der Waals surface area contributed by atoms with Gasteiger partial charge in [-0.1, -0.05) is 171 Å². The van der Waals surface area contributed by atoms with Crippen LogP contribution in [0.2, 0.25) is 0 Å². The van der Waals surface area contributed by atoms with Gasteiger partial charge >= 0.3 is 7.82 Å². The van der Waals surface area contributed by atoms with Gasteiger partial charge in [0.1, 0.15) is 13.2 Å². The second kappa shape index (κ2) is 38.8. The third-order valence-corrected chi connectivity index (χ3v) is 10.7. The predicted octanol–water partition coefficient (Wildman–Crippen LogP) is 13.0. The van der Waals surface area contributed by atoms with E-state index in [1.165, 1.54) is 103 Å². The molecule has 0 saturated heterocycles. The molecule has 54 heavy (non-hydrogen) atoms. The van der Waals surface area contributed by atoms with Gasteiger partial charge in [0.25, 0.3) is 0 Å². The molecule has 0 rings (SSSR count). The number of quaternary nitrogens is 1. The first-order valence-electron chi connectivity index (χ1n) is 21.6. The highest BCUT2D eigenvalue weighted by Gasteiger charge is 2.27. The van der Waals surface area contributed by atoms with Crippen LogP contribution in [0.3, 0.4) is 0 Å². The molecular weight excluding hydrogens is 718 g/mol. The third-order valence-electron chi connectivity index (χ3n) is 8.87. The summed E-state index contributed by atoms with van der Waals surface area (Å²) in [5.41, 5.74) is 0. The van der Waals surface area contributed by atoms with E-state index < -0.39 is 13.1 Å². The van der Waals surface area contributed by atoms with Crippen LogP contribution in [0.1, 0.15) is 168 Å². The Labute approximate surface area is 337 Å². The molecule has 8 nitrogen and oxygen atoms in total. The molecular formula is C44H83NO7PS+. The summed E-state index contributed by atoms with van der Waals surface area (Å²) in [6, 6.07) is 0. The van der Waals surface area contributed by atoms with Crippen LogP contribution in [0.5, 0.6) is 0 Å². The lowest BCUT2D eigenvalue weighted by Gasteiger charge is -2.23. The molecule has 0 aliphatic carbocycles. The van der Waals surface area contributed by atoms with Crippen molar-refractivity contribution in [2.75, 3.05) is 54.1 Å². The molecule has 0 fully saturated rings. The van der Waals surface area contributed by atoms with E-state index in [-0.39, 0.29) is 24.9 Å². The maximum atomic E-state index is 12.8. The van der Waals surface area contributed by atoms with E-state index in [4.69, 9.17) is 18.8 Å². The van der Waals surface area contributed by atoms with Gasteiger partial charge < -0.3 is 14.1 Å². The average molecular weight is 801 g/mol. The number of phosphoric ester groups is 1. The SMILES string of the molecule is CCCCC/C=C\C/C=C\C/C=C\C/C=C\CCCC(=O)SC(COCCCCCCCCCCCCCCCC)COP(=O)(O)OOCC[N+](C)(C)C. The van der Waals surface area contributed by atoms with Gasteiger partial charge in [-0.3, -0.25) is 9.32 Å². The highest BCUT2D eigenvalue weighted by molar-refractivity contribution is 8.14. The predicted molar refractivity (Wildman–Crippen MR) is 232 cm³/mol. The summed E-state index contributed by atoms with van der Waals surface area (Å²) >= 11 is 1.13. The van der Waals surface area contributed by atoms with Crippen molar-refractivity contribution in [1.29, 1.82) is 0 Å². The van der Waals surface area contributed by atoms with Crippen molar-refractivity contribution in [3.05, 3.63) is 48.6 Å². The smallest absolute Gasteiger partial charge is 0.380 e. The van der Waals surface area contributed by atoms with E-state index >= 15 is 0 Å². The minimum atomic E-state index is -4.43. The minimum absolute atomic E-state index is 0.0208. The Bertz CT molecular complexity index is 1010. The van der Waals surface area contributed by atoms with E-state index in [2.05, 4.69) is 62.5 Å². The largest absolute Gasteiger partial charge is 0.499 e. The first-order chi connectivity index (χ1) is 26.1. The zero-order valence-corrected chi connectivity index (χ0v) is 37.1. The fraction of sp³-hybridized carbons (Fsp3) is 0.795. The maximum Gasteiger partial charge on any atom is 0.499 e. The Balaban J connectivity index is 4.39. The molecule has 0 aromatic rings. The molecule has 0 bridgehead atoms. The van der Waals surface area contributed by atoms with E-state index in [0.717, 1.165) is 56.7 Å². The minimum Gasteiger partial charge on any atom is -0.380 e. The summed E-state index contributed by atoms with van der Waals surface area (Å²) in [7, 11) is 1.53. The zero-order chi connectivity index (χ0) is 39.9. The molecule has 2 unspecified atom stereocenters. The van der Waals surface area contributed by atoms with E-state index in [1.54, 1.807) is 0 Å². The number of unbranched alkanes of at least 4 members (excludes halogenated alkanes) is 17. The van der Waals surface area contributed by atoms with Crippen molar-refractivity contribution in [1.82, 2.24) is 0 Å². The lowest BCUT2D eigenvalue weighted by molar-refractivity contribution is -0.871. The number of nitrogens with zero attached hydrogens (tertiary/aromatic N) is 1. The van der Waals surface area contributed by atoms with Crippen LogP contribution >= 0.6 is 19.6 Å². The number of rotatable bonds is 40. The first kappa shape index (κ1) is 53.0. The van der Waals surface area contributed by atoms with Gasteiger partial charge in [-0.05, 0) is 51.4 Å². The maximum absolute atomic E-state index is 12.8. The third kappa shape index (κ3) is 42.1. The summed E-state index contributed by atoms with van der Waals surface area (Å²) in [5, 5.41) is -0.400. The summed E-state index contributed by atoms with van der Waals surface area (Å²) in [6.45, 7) is 5.95. The van der Waals surface area contributed by atoms with Crippen molar-refractivity contribution in [3.63, 3.8) is 0 Å². The number of hydrogen-bond donors (Lipinski definition) is 1. The van der Waals surface area contributed by atoms with Crippen LogP contribution in [0.15, 0.2) is 48.6 Å². The van der Waals surface area contributed by atoms with Gasteiger partial charge in [0.15, 0.2) is 5.12 Å². The van der Waals surface area contributed by atoms with Gasteiger partial charge in [0, 0.05) is 13.0 Å². The topological polar surface area (TPSA) is 91.3 Å². The highest BCUT2D eigenvalue weighted by Crippen LogP contribution is 2.44. The summed E-state index contributed by atoms with van der Waals surface area (Å²) in [4.78, 5) is 27.9. The molecule has 0 aromatic carbocycles. The summed E-state index contributed by atoms with van der Waals surface area (Å²) in [6.07, 6.45) is 45.6. The Hall–Kier alpha value is -1.03. The lowest BCUT2D eigenvalue weighted by Crippen LogP contribution is -2.37. The molecule has 316 valence electrons.